The number of carbonyl (C=O) groups excluding carboxylic acids is 1. The molecule has 2 atom stereocenters. The summed E-state index contributed by atoms with van der Waals surface area (Å²) in [6.07, 6.45) is 0.852. The molecular formula is C14H19NO2. The Hall–Kier alpha value is -1.35. The summed E-state index contributed by atoms with van der Waals surface area (Å²) in [6.45, 7) is 3.82. The van der Waals surface area contributed by atoms with Crippen LogP contribution in [0.5, 0.6) is 0 Å². The Bertz CT molecular complexity index is 403. The van der Waals surface area contributed by atoms with E-state index in [1.54, 1.807) is 0 Å². The van der Waals surface area contributed by atoms with Gasteiger partial charge in [0.05, 0.1) is 13.0 Å². The zero-order valence-corrected chi connectivity index (χ0v) is 10.4. The molecule has 0 bridgehead atoms. The van der Waals surface area contributed by atoms with E-state index in [2.05, 4.69) is 30.4 Å². The summed E-state index contributed by atoms with van der Waals surface area (Å²) < 4.78 is 4.90. The number of benzene rings is 1. The van der Waals surface area contributed by atoms with E-state index in [1.807, 2.05) is 6.07 Å². The minimum Gasteiger partial charge on any atom is -0.469 e. The summed E-state index contributed by atoms with van der Waals surface area (Å²) in [5, 5.41) is 3.35. The lowest BCUT2D eigenvalue weighted by Gasteiger charge is -2.30. The number of ether oxygens (including phenoxy) is 1. The molecule has 0 unspecified atom stereocenters. The number of nitrogens with one attached hydrogen (secondary N) is 1. The van der Waals surface area contributed by atoms with Crippen LogP contribution in [0, 0.1) is 12.8 Å². The highest BCUT2D eigenvalue weighted by molar-refractivity contribution is 5.73. The molecule has 0 saturated carbocycles. The number of aryl methyl sites for hydroxylation is 1. The van der Waals surface area contributed by atoms with Gasteiger partial charge in [-0.2, -0.15) is 0 Å². The van der Waals surface area contributed by atoms with Crippen molar-refractivity contribution in [3.05, 3.63) is 35.4 Å². The normalized spacial score (nSPS) is 24.4. The van der Waals surface area contributed by atoms with Gasteiger partial charge in [-0.25, -0.2) is 0 Å². The molecule has 1 aliphatic heterocycles. The van der Waals surface area contributed by atoms with Crippen molar-refractivity contribution in [3.63, 3.8) is 0 Å². The molecule has 3 nitrogen and oxygen atoms in total. The lowest BCUT2D eigenvalue weighted by Crippen LogP contribution is -2.39. The standard InChI is InChI=1S/C14H19NO2/c1-10-4-3-5-11(8-10)13-9-15-7-6-12(13)14(16)17-2/h3-5,8,12-13,15H,6-7,9H2,1-2H3/t12-,13-/m1/s1. The van der Waals surface area contributed by atoms with E-state index in [1.165, 1.54) is 18.2 Å². The topological polar surface area (TPSA) is 38.3 Å². The van der Waals surface area contributed by atoms with Crippen LogP contribution in [0.15, 0.2) is 24.3 Å². The average molecular weight is 233 g/mol. The van der Waals surface area contributed by atoms with Crippen LogP contribution in [0.25, 0.3) is 0 Å². The van der Waals surface area contributed by atoms with Gasteiger partial charge in [-0.05, 0) is 25.5 Å². The van der Waals surface area contributed by atoms with Crippen molar-refractivity contribution in [1.82, 2.24) is 5.32 Å². The van der Waals surface area contributed by atoms with Gasteiger partial charge in [-0.1, -0.05) is 29.8 Å². The maximum atomic E-state index is 11.8. The monoisotopic (exact) mass is 233 g/mol. The third-order valence-electron chi connectivity index (χ3n) is 3.46. The molecular weight excluding hydrogens is 214 g/mol. The molecule has 0 radical (unpaired) electrons. The number of esters is 1. The van der Waals surface area contributed by atoms with E-state index in [0.29, 0.717) is 0 Å². The van der Waals surface area contributed by atoms with Crippen LogP contribution in [-0.4, -0.2) is 26.2 Å². The van der Waals surface area contributed by atoms with Crippen molar-refractivity contribution in [2.75, 3.05) is 20.2 Å². The van der Waals surface area contributed by atoms with Crippen LogP contribution >= 0.6 is 0 Å². The fourth-order valence-corrected chi connectivity index (χ4v) is 2.54. The second kappa shape index (κ2) is 5.32. The molecule has 0 spiro atoms. The van der Waals surface area contributed by atoms with E-state index in [4.69, 9.17) is 4.74 Å². The molecule has 92 valence electrons. The van der Waals surface area contributed by atoms with E-state index in [9.17, 15) is 4.79 Å². The first-order chi connectivity index (χ1) is 8.22. The summed E-state index contributed by atoms with van der Waals surface area (Å²) in [5.74, 6) is 0.136. The van der Waals surface area contributed by atoms with E-state index < -0.39 is 0 Å². The molecule has 1 heterocycles. The first-order valence-corrected chi connectivity index (χ1v) is 6.07. The Morgan fingerprint density at radius 3 is 3.00 bits per heavy atom. The van der Waals surface area contributed by atoms with Gasteiger partial charge in [0.15, 0.2) is 0 Å². The predicted molar refractivity (Wildman–Crippen MR) is 66.9 cm³/mol. The van der Waals surface area contributed by atoms with Gasteiger partial charge in [-0.3, -0.25) is 4.79 Å². The van der Waals surface area contributed by atoms with Crippen molar-refractivity contribution >= 4 is 5.97 Å². The molecule has 0 aliphatic carbocycles. The summed E-state index contributed by atoms with van der Waals surface area (Å²) in [6, 6.07) is 8.38. The van der Waals surface area contributed by atoms with Gasteiger partial charge >= 0.3 is 5.97 Å². The molecule has 17 heavy (non-hydrogen) atoms. The number of rotatable bonds is 2. The summed E-state index contributed by atoms with van der Waals surface area (Å²) >= 11 is 0. The maximum Gasteiger partial charge on any atom is 0.309 e. The molecule has 3 heteroatoms. The number of methoxy groups -OCH3 is 1. The van der Waals surface area contributed by atoms with Crippen molar-refractivity contribution in [3.8, 4) is 0 Å². The number of carbonyl (C=O) groups is 1. The minimum absolute atomic E-state index is 0.0111. The van der Waals surface area contributed by atoms with Crippen LogP contribution in [0.4, 0.5) is 0 Å². The smallest absolute Gasteiger partial charge is 0.309 e. The lowest BCUT2D eigenvalue weighted by molar-refractivity contribution is -0.147. The van der Waals surface area contributed by atoms with Gasteiger partial charge < -0.3 is 10.1 Å². The molecule has 1 saturated heterocycles. The molecule has 1 N–H and O–H groups in total. The highest BCUT2D eigenvalue weighted by Gasteiger charge is 2.32. The minimum atomic E-state index is -0.0852. The van der Waals surface area contributed by atoms with Crippen LogP contribution in [-0.2, 0) is 9.53 Å². The van der Waals surface area contributed by atoms with Crippen LogP contribution < -0.4 is 5.32 Å². The fraction of sp³-hybridized carbons (Fsp3) is 0.500. The predicted octanol–water partition coefficient (Wildman–Crippen LogP) is 1.86. The average Bonchev–Trinajstić information content (AvgIpc) is 2.38. The molecule has 1 aliphatic rings. The summed E-state index contributed by atoms with van der Waals surface area (Å²) in [7, 11) is 1.47. The molecule has 2 rings (SSSR count). The number of piperidine rings is 1. The largest absolute Gasteiger partial charge is 0.469 e. The summed E-state index contributed by atoms with van der Waals surface area (Å²) in [5.41, 5.74) is 2.46. The maximum absolute atomic E-state index is 11.8. The van der Waals surface area contributed by atoms with Crippen molar-refractivity contribution in [2.45, 2.75) is 19.3 Å². The Morgan fingerprint density at radius 2 is 2.29 bits per heavy atom. The third kappa shape index (κ3) is 2.67. The number of hydrogen-bond acceptors (Lipinski definition) is 3. The first-order valence-electron chi connectivity index (χ1n) is 6.07. The quantitative estimate of drug-likeness (QED) is 0.792. The van der Waals surface area contributed by atoms with Crippen molar-refractivity contribution < 1.29 is 9.53 Å². The fourth-order valence-electron chi connectivity index (χ4n) is 2.54. The van der Waals surface area contributed by atoms with Gasteiger partial charge in [-0.15, -0.1) is 0 Å². The van der Waals surface area contributed by atoms with Gasteiger partial charge in [0.25, 0.3) is 0 Å². The summed E-state index contributed by atoms with van der Waals surface area (Å²) in [4.78, 5) is 11.8. The lowest BCUT2D eigenvalue weighted by atomic mass is 9.81. The van der Waals surface area contributed by atoms with E-state index in [0.717, 1.165) is 19.5 Å². The Balaban J connectivity index is 2.24. The van der Waals surface area contributed by atoms with Gasteiger partial charge in [0, 0.05) is 12.5 Å². The second-order valence-electron chi connectivity index (χ2n) is 4.64. The molecule has 1 aromatic rings. The van der Waals surface area contributed by atoms with Crippen molar-refractivity contribution in [1.29, 1.82) is 0 Å². The second-order valence-corrected chi connectivity index (χ2v) is 4.64. The number of hydrogen-bond donors (Lipinski definition) is 1. The Kier molecular flexibility index (Phi) is 3.79. The van der Waals surface area contributed by atoms with Crippen LogP contribution in [0.2, 0.25) is 0 Å². The zero-order valence-electron chi connectivity index (χ0n) is 10.4. The zero-order chi connectivity index (χ0) is 12.3. The van der Waals surface area contributed by atoms with Gasteiger partial charge in [0.1, 0.15) is 0 Å². The van der Waals surface area contributed by atoms with Gasteiger partial charge in [0.2, 0.25) is 0 Å². The Labute approximate surface area is 102 Å². The highest BCUT2D eigenvalue weighted by atomic mass is 16.5. The SMILES string of the molecule is COC(=O)[C@@H]1CCNC[C@@H]1c1cccc(C)c1. The highest BCUT2D eigenvalue weighted by Crippen LogP contribution is 2.30. The van der Waals surface area contributed by atoms with E-state index in [-0.39, 0.29) is 17.8 Å². The van der Waals surface area contributed by atoms with Crippen molar-refractivity contribution in [2.24, 2.45) is 5.92 Å². The molecule has 0 amide bonds. The molecule has 0 aromatic heterocycles. The molecule has 1 fully saturated rings. The molecule has 1 aromatic carbocycles. The Morgan fingerprint density at radius 1 is 1.47 bits per heavy atom. The van der Waals surface area contributed by atoms with Crippen LogP contribution in [0.3, 0.4) is 0 Å². The van der Waals surface area contributed by atoms with Crippen LogP contribution in [0.1, 0.15) is 23.5 Å². The third-order valence-corrected chi connectivity index (χ3v) is 3.46. The first kappa shape index (κ1) is 12.1. The van der Waals surface area contributed by atoms with E-state index >= 15 is 0 Å².